The van der Waals surface area contributed by atoms with Gasteiger partial charge in [0.05, 0.1) is 53.6 Å². The topological polar surface area (TPSA) is 235 Å². The Morgan fingerprint density at radius 1 is 0.734 bits per heavy atom. The van der Waals surface area contributed by atoms with E-state index in [-0.39, 0.29) is 64.8 Å². The van der Waals surface area contributed by atoms with Crippen molar-refractivity contribution in [3.8, 4) is 23.5 Å². The molecule has 4 aromatic carbocycles. The number of carbonyl (C=O) groups is 4. The zero-order valence-corrected chi connectivity index (χ0v) is 38.5. The van der Waals surface area contributed by atoms with E-state index >= 15 is 0 Å². The molecule has 2 aromatic heterocycles. The van der Waals surface area contributed by atoms with Gasteiger partial charge in [-0.3, -0.25) is 23.5 Å². The summed E-state index contributed by atoms with van der Waals surface area (Å²) in [7, 11) is 0. The second kappa shape index (κ2) is 22.5. The van der Waals surface area contributed by atoms with Gasteiger partial charge in [0.25, 0.3) is 0 Å². The minimum Gasteiger partial charge on any atom is -0.870 e. The Labute approximate surface area is 398 Å². The van der Waals surface area contributed by atoms with Gasteiger partial charge in [0.2, 0.25) is 0 Å². The number of ether oxygens (including phenoxy) is 1. The number of nitrogens with one attached hydrogen (secondary N) is 2. The Hall–Kier alpha value is -5.38. The van der Waals surface area contributed by atoms with E-state index in [2.05, 4.69) is 54.0 Å². The third-order valence-corrected chi connectivity index (χ3v) is 11.5. The van der Waals surface area contributed by atoms with Gasteiger partial charge in [-0.25, -0.2) is 14.8 Å². The fourth-order valence-corrected chi connectivity index (χ4v) is 8.34. The summed E-state index contributed by atoms with van der Waals surface area (Å²) in [4.78, 5) is 54.5. The number of fused-ring (bicyclic) bond motifs is 2. The number of carbonyl (C=O) groups excluding carboxylic acids is 3. The molecule has 0 radical (unpaired) electrons. The Bertz CT molecular complexity index is 2800. The number of alkyl halides is 4. The van der Waals surface area contributed by atoms with Crippen molar-refractivity contribution < 1.29 is 70.9 Å². The fraction of sp³-hybridized carbons (Fsp3) is 0.200. The van der Waals surface area contributed by atoms with E-state index in [1.807, 2.05) is 5.32 Å². The number of hydrogen-bond acceptors (Lipinski definition) is 12. The van der Waals surface area contributed by atoms with Crippen molar-refractivity contribution >= 4 is 101 Å². The van der Waals surface area contributed by atoms with E-state index in [1.165, 1.54) is 28.5 Å². The molecule has 0 aliphatic rings. The van der Waals surface area contributed by atoms with Gasteiger partial charge >= 0.3 is 53.1 Å². The van der Waals surface area contributed by atoms with E-state index in [1.54, 1.807) is 85.0 Å². The largest absolute Gasteiger partial charge is 1.00 e. The number of thioether (sulfide) groups is 2. The number of aliphatic carboxylic acids is 1. The number of hydrogen-bond donors (Lipinski definition) is 3. The Balaban J connectivity index is 0.000000331. The molecule has 2 unspecified atom stereocenters. The summed E-state index contributed by atoms with van der Waals surface area (Å²) in [6.45, 7) is 3.98. The van der Waals surface area contributed by atoms with Crippen molar-refractivity contribution in [2.24, 2.45) is 0 Å². The van der Waals surface area contributed by atoms with Crippen LogP contribution in [0.1, 0.15) is 31.9 Å². The van der Waals surface area contributed by atoms with Crippen LogP contribution in [-0.2, 0) is 23.9 Å². The molecule has 6 aromatic rings. The molecule has 0 aliphatic carbocycles. The van der Waals surface area contributed by atoms with Crippen LogP contribution in [0.3, 0.4) is 0 Å². The summed E-state index contributed by atoms with van der Waals surface area (Å²) in [6.07, 6.45) is 2.65. The molecule has 2 amide bonds. The molecule has 0 spiro atoms. The molecular formula is C40H31Br2F4LiN8O7S2. The molecule has 0 fully saturated rings. The number of carboxylic acid groups (broad SMARTS) is 1. The van der Waals surface area contributed by atoms with Crippen molar-refractivity contribution in [1.29, 1.82) is 10.5 Å². The molecule has 15 nitrogen and oxygen atoms in total. The molecule has 0 saturated carbocycles. The molecule has 0 saturated heterocycles. The van der Waals surface area contributed by atoms with Gasteiger partial charge in [0.15, 0.2) is 10.3 Å². The number of esters is 1. The standard InChI is InChI=1S/C21H17BrF2N4O3S.C19H13BrF2N4O3S.Li.H2O/c1-3-31-18(29)12(2)27-19(30)21(23,24)32-20-26-11-17(22)28(20)16-9-8-13(10-25)14-6-4-5-7-15(14)16;1-10(16(27)28)25-17(29)19(21,22)30-18-24-9-15(20)26(18)14-7-6-11(8-23)12-4-2-3-5-13(12)14;;/h4-9,11-12H,3H2,1-2H3,(H,27,30);2-7,9-10H,1H3,(H,25,29)(H,27,28);;1H2/q;;+1;/p-1. The quantitative estimate of drug-likeness (QED) is 0.0587. The average molecular weight is 1040 g/mol. The molecular weight excluding hydrogens is 1010 g/mol. The van der Waals surface area contributed by atoms with E-state index < -0.39 is 46.3 Å². The predicted molar refractivity (Wildman–Crippen MR) is 230 cm³/mol. The first-order chi connectivity index (χ1) is 29.3. The van der Waals surface area contributed by atoms with Crippen LogP contribution in [0.15, 0.2) is 105 Å². The van der Waals surface area contributed by atoms with Crippen LogP contribution in [0.4, 0.5) is 17.6 Å². The van der Waals surface area contributed by atoms with Crippen LogP contribution in [0.5, 0.6) is 0 Å². The first kappa shape index (κ1) is 53.0. The second-order valence-electron chi connectivity index (χ2n) is 12.7. The van der Waals surface area contributed by atoms with Crippen LogP contribution in [0.25, 0.3) is 32.9 Å². The van der Waals surface area contributed by atoms with Crippen LogP contribution in [-0.4, -0.2) is 82.6 Å². The second-order valence-corrected chi connectivity index (χ2v) is 16.5. The smallest absolute Gasteiger partial charge is 0.870 e. The number of rotatable bonds is 13. The van der Waals surface area contributed by atoms with Gasteiger partial charge in [0, 0.05) is 21.5 Å². The molecule has 64 heavy (non-hydrogen) atoms. The van der Waals surface area contributed by atoms with E-state index in [0.29, 0.717) is 53.3 Å². The van der Waals surface area contributed by atoms with Crippen LogP contribution in [0.2, 0.25) is 0 Å². The van der Waals surface area contributed by atoms with Crippen LogP contribution in [0, 0.1) is 22.7 Å². The number of halogens is 6. The van der Waals surface area contributed by atoms with Crippen molar-refractivity contribution in [3.05, 3.63) is 106 Å². The molecule has 2 atom stereocenters. The number of amides is 2. The summed E-state index contributed by atoms with van der Waals surface area (Å²) >= 11 is 6.42. The number of benzene rings is 4. The number of nitriles is 2. The molecule has 0 aliphatic heterocycles. The van der Waals surface area contributed by atoms with Crippen molar-refractivity contribution in [1.82, 2.24) is 29.7 Å². The molecule has 6 rings (SSSR count). The first-order valence-electron chi connectivity index (χ1n) is 17.8. The van der Waals surface area contributed by atoms with E-state index in [0.717, 1.165) is 6.92 Å². The number of imidazole rings is 2. The van der Waals surface area contributed by atoms with Crippen LogP contribution >= 0.6 is 55.4 Å². The summed E-state index contributed by atoms with van der Waals surface area (Å²) in [5.41, 5.74) is 1.84. The molecule has 4 N–H and O–H groups in total. The maximum atomic E-state index is 14.7. The van der Waals surface area contributed by atoms with Crippen molar-refractivity contribution in [2.45, 2.75) is 53.7 Å². The molecule has 328 valence electrons. The Morgan fingerprint density at radius 3 is 1.47 bits per heavy atom. The fourth-order valence-electron chi connectivity index (χ4n) is 5.63. The molecule has 2 heterocycles. The van der Waals surface area contributed by atoms with Gasteiger partial charge in [-0.15, -0.1) is 0 Å². The van der Waals surface area contributed by atoms with Gasteiger partial charge in [-0.1, -0.05) is 48.5 Å². The SMILES string of the molecule is CC(NC(=O)C(F)(F)Sc1ncc(Br)n1-c1ccc(C#N)c2ccccc12)C(=O)O.CCOC(=O)C(C)NC(=O)C(F)(F)Sc1ncc(Br)n1-c1ccc(C#N)c2ccccc12.[Li+].[OH-]. The Kier molecular flexibility index (Phi) is 18.6. The zero-order valence-electron chi connectivity index (χ0n) is 33.6. The average Bonchev–Trinajstić information content (AvgIpc) is 3.78. The predicted octanol–water partition coefficient (Wildman–Crippen LogP) is 5.17. The van der Waals surface area contributed by atoms with Crippen LogP contribution < -0.4 is 29.5 Å². The normalized spacial score (nSPS) is 11.9. The van der Waals surface area contributed by atoms with Gasteiger partial charge in [-0.2, -0.15) is 28.1 Å². The third kappa shape index (κ3) is 11.8. The van der Waals surface area contributed by atoms with Gasteiger partial charge < -0.3 is 26.0 Å². The monoisotopic (exact) mass is 1040 g/mol. The number of aromatic nitrogens is 4. The third-order valence-electron chi connectivity index (χ3n) is 8.57. The summed E-state index contributed by atoms with van der Waals surface area (Å²) < 4.78 is 66.8. The zero-order chi connectivity index (χ0) is 45.5. The number of carboxylic acids is 1. The van der Waals surface area contributed by atoms with E-state index in [9.17, 15) is 47.3 Å². The number of nitrogens with zero attached hydrogens (tertiary/aromatic N) is 6. The van der Waals surface area contributed by atoms with Crippen molar-refractivity contribution in [3.63, 3.8) is 0 Å². The minimum absolute atomic E-state index is 0. The summed E-state index contributed by atoms with van der Waals surface area (Å²) in [6, 6.07) is 21.9. The maximum Gasteiger partial charge on any atom is 1.00 e. The Morgan fingerprint density at radius 2 is 1.11 bits per heavy atom. The van der Waals surface area contributed by atoms with Crippen molar-refractivity contribution in [2.75, 3.05) is 6.61 Å². The molecule has 0 bridgehead atoms. The maximum absolute atomic E-state index is 14.7. The molecule has 24 heteroatoms. The minimum atomic E-state index is -3.98. The van der Waals surface area contributed by atoms with Gasteiger partial charge in [-0.05, 0) is 100 Å². The van der Waals surface area contributed by atoms with Gasteiger partial charge in [0.1, 0.15) is 21.3 Å². The first-order valence-corrected chi connectivity index (χ1v) is 21.0. The van der Waals surface area contributed by atoms with E-state index in [4.69, 9.17) is 9.84 Å². The summed E-state index contributed by atoms with van der Waals surface area (Å²) in [5.74, 6) is -5.62. The summed E-state index contributed by atoms with van der Waals surface area (Å²) in [5, 5.41) is 25.5.